The van der Waals surface area contributed by atoms with E-state index >= 15 is 0 Å². The number of rotatable bonds is 6. The highest BCUT2D eigenvalue weighted by molar-refractivity contribution is 7.91. The quantitative estimate of drug-likeness (QED) is 0.749. The van der Waals surface area contributed by atoms with Crippen molar-refractivity contribution in [2.75, 3.05) is 12.4 Å². The predicted octanol–water partition coefficient (Wildman–Crippen LogP) is 3.64. The standard InChI is InChI=1S/C19H22O4S/c1-19(2)14-15-8-6-11-17(18(15)23-19)22-12-7-13-24(20,21)16-9-4-3-5-10-16/h3-6,8-11H,7,12-14H2,1-2H3. The van der Waals surface area contributed by atoms with Crippen molar-refractivity contribution >= 4 is 9.84 Å². The lowest BCUT2D eigenvalue weighted by atomic mass is 10.0. The van der Waals surface area contributed by atoms with Gasteiger partial charge in [0, 0.05) is 12.0 Å². The Morgan fingerprint density at radius 3 is 2.58 bits per heavy atom. The van der Waals surface area contributed by atoms with E-state index in [0.717, 1.165) is 17.7 Å². The van der Waals surface area contributed by atoms with Gasteiger partial charge in [-0.3, -0.25) is 0 Å². The van der Waals surface area contributed by atoms with E-state index in [9.17, 15) is 8.42 Å². The van der Waals surface area contributed by atoms with Gasteiger partial charge in [0.2, 0.25) is 0 Å². The van der Waals surface area contributed by atoms with Gasteiger partial charge in [-0.1, -0.05) is 30.3 Å². The zero-order chi connectivity index (χ0) is 17.2. The Balaban J connectivity index is 1.58. The summed E-state index contributed by atoms with van der Waals surface area (Å²) >= 11 is 0. The van der Waals surface area contributed by atoms with Crippen LogP contribution in [0.2, 0.25) is 0 Å². The maximum Gasteiger partial charge on any atom is 0.178 e. The summed E-state index contributed by atoms with van der Waals surface area (Å²) < 4.78 is 36.2. The summed E-state index contributed by atoms with van der Waals surface area (Å²) in [5.41, 5.74) is 0.910. The molecule has 0 N–H and O–H groups in total. The van der Waals surface area contributed by atoms with Crippen molar-refractivity contribution in [3.63, 3.8) is 0 Å². The van der Waals surface area contributed by atoms with E-state index in [1.807, 2.05) is 32.0 Å². The lowest BCUT2D eigenvalue weighted by Crippen LogP contribution is -2.24. The fraction of sp³-hybridized carbons (Fsp3) is 0.368. The third kappa shape index (κ3) is 3.73. The Bertz CT molecular complexity index is 811. The molecule has 1 aliphatic heterocycles. The van der Waals surface area contributed by atoms with Crippen molar-refractivity contribution in [1.82, 2.24) is 0 Å². The number of hydrogen-bond donors (Lipinski definition) is 0. The van der Waals surface area contributed by atoms with E-state index < -0.39 is 9.84 Å². The van der Waals surface area contributed by atoms with E-state index in [4.69, 9.17) is 9.47 Å². The average Bonchev–Trinajstić information content (AvgIpc) is 2.87. The molecule has 5 heteroatoms. The van der Waals surface area contributed by atoms with Crippen molar-refractivity contribution in [3.05, 3.63) is 54.1 Å². The normalized spacial score (nSPS) is 15.6. The van der Waals surface area contributed by atoms with Crippen LogP contribution in [0.25, 0.3) is 0 Å². The molecular formula is C19H22O4S. The van der Waals surface area contributed by atoms with E-state index in [1.165, 1.54) is 0 Å². The highest BCUT2D eigenvalue weighted by atomic mass is 32.2. The molecule has 0 atom stereocenters. The first-order chi connectivity index (χ1) is 11.4. The van der Waals surface area contributed by atoms with Crippen molar-refractivity contribution in [3.8, 4) is 11.5 Å². The zero-order valence-corrected chi connectivity index (χ0v) is 14.8. The highest BCUT2D eigenvalue weighted by Crippen LogP contribution is 2.41. The van der Waals surface area contributed by atoms with E-state index in [0.29, 0.717) is 23.7 Å². The molecule has 0 unspecified atom stereocenters. The van der Waals surface area contributed by atoms with Crippen LogP contribution in [0.15, 0.2) is 53.4 Å². The minimum atomic E-state index is -3.26. The van der Waals surface area contributed by atoms with Crippen molar-refractivity contribution in [2.24, 2.45) is 0 Å². The molecule has 3 rings (SSSR count). The molecule has 0 saturated carbocycles. The molecule has 24 heavy (non-hydrogen) atoms. The van der Waals surface area contributed by atoms with Crippen LogP contribution in [0.4, 0.5) is 0 Å². The molecule has 0 fully saturated rings. The SMILES string of the molecule is CC1(C)Cc2cccc(OCCCS(=O)(=O)c3ccccc3)c2O1. The molecule has 0 aliphatic carbocycles. The Morgan fingerprint density at radius 2 is 1.83 bits per heavy atom. The molecule has 2 aromatic rings. The molecule has 0 radical (unpaired) electrons. The second-order valence-corrected chi connectivity index (χ2v) is 8.73. The van der Waals surface area contributed by atoms with E-state index in [2.05, 4.69) is 0 Å². The van der Waals surface area contributed by atoms with Crippen LogP contribution < -0.4 is 9.47 Å². The van der Waals surface area contributed by atoms with E-state index in [1.54, 1.807) is 30.3 Å². The monoisotopic (exact) mass is 346 g/mol. The maximum absolute atomic E-state index is 12.2. The number of sulfone groups is 1. The Kier molecular flexibility index (Phi) is 4.54. The van der Waals surface area contributed by atoms with Crippen LogP contribution in [0.3, 0.4) is 0 Å². The van der Waals surface area contributed by atoms with Gasteiger partial charge in [-0.15, -0.1) is 0 Å². The molecule has 2 aromatic carbocycles. The molecule has 0 bridgehead atoms. The minimum Gasteiger partial charge on any atom is -0.490 e. The summed E-state index contributed by atoms with van der Waals surface area (Å²) in [5.74, 6) is 1.54. The zero-order valence-electron chi connectivity index (χ0n) is 14.0. The molecule has 1 aliphatic rings. The fourth-order valence-corrected chi connectivity index (χ4v) is 4.18. The molecule has 0 amide bonds. The number of ether oxygens (including phenoxy) is 2. The lowest BCUT2D eigenvalue weighted by molar-refractivity contribution is 0.132. The van der Waals surface area contributed by atoms with Gasteiger partial charge in [0.05, 0.1) is 17.3 Å². The topological polar surface area (TPSA) is 52.6 Å². The minimum absolute atomic E-state index is 0.0678. The van der Waals surface area contributed by atoms with Crippen LogP contribution in [-0.4, -0.2) is 26.4 Å². The third-order valence-corrected chi connectivity index (χ3v) is 5.79. The van der Waals surface area contributed by atoms with Crippen molar-refractivity contribution < 1.29 is 17.9 Å². The molecule has 0 aromatic heterocycles. The fourth-order valence-electron chi connectivity index (χ4n) is 2.88. The Morgan fingerprint density at radius 1 is 1.08 bits per heavy atom. The molecule has 4 nitrogen and oxygen atoms in total. The van der Waals surface area contributed by atoms with Gasteiger partial charge in [0.15, 0.2) is 21.3 Å². The Hall–Kier alpha value is -2.01. The first-order valence-corrected chi connectivity index (χ1v) is 9.74. The average molecular weight is 346 g/mol. The number of fused-ring (bicyclic) bond motifs is 1. The van der Waals surface area contributed by atoms with Crippen LogP contribution >= 0.6 is 0 Å². The van der Waals surface area contributed by atoms with Gasteiger partial charge in [-0.2, -0.15) is 0 Å². The smallest absolute Gasteiger partial charge is 0.178 e. The summed E-state index contributed by atoms with van der Waals surface area (Å²) in [5, 5.41) is 0. The van der Waals surface area contributed by atoms with Gasteiger partial charge in [0.1, 0.15) is 5.60 Å². The van der Waals surface area contributed by atoms with Gasteiger partial charge >= 0.3 is 0 Å². The first kappa shape index (κ1) is 16.8. The number of para-hydroxylation sites is 1. The first-order valence-electron chi connectivity index (χ1n) is 8.09. The third-order valence-electron chi connectivity index (χ3n) is 3.97. The van der Waals surface area contributed by atoms with Crippen LogP contribution in [0, 0.1) is 0 Å². The predicted molar refractivity (Wildman–Crippen MR) is 93.5 cm³/mol. The van der Waals surface area contributed by atoms with Gasteiger partial charge in [-0.05, 0) is 38.5 Å². The second kappa shape index (κ2) is 6.48. The summed E-state index contributed by atoms with van der Waals surface area (Å²) in [7, 11) is -3.26. The van der Waals surface area contributed by atoms with Gasteiger partial charge in [-0.25, -0.2) is 8.42 Å². The largest absolute Gasteiger partial charge is 0.490 e. The summed E-state index contributed by atoms with van der Waals surface area (Å²) in [6, 6.07) is 14.4. The number of benzene rings is 2. The van der Waals surface area contributed by atoms with Crippen molar-refractivity contribution in [1.29, 1.82) is 0 Å². The molecule has 128 valence electrons. The van der Waals surface area contributed by atoms with Crippen LogP contribution in [0.5, 0.6) is 11.5 Å². The van der Waals surface area contributed by atoms with Gasteiger partial charge in [0.25, 0.3) is 0 Å². The lowest BCUT2D eigenvalue weighted by Gasteiger charge is -2.18. The molecule has 0 saturated heterocycles. The molecule has 1 heterocycles. The van der Waals surface area contributed by atoms with E-state index in [-0.39, 0.29) is 11.4 Å². The van der Waals surface area contributed by atoms with Gasteiger partial charge < -0.3 is 9.47 Å². The molecule has 0 spiro atoms. The summed E-state index contributed by atoms with van der Waals surface area (Å²) in [6.45, 7) is 4.43. The Labute approximate surface area is 143 Å². The van der Waals surface area contributed by atoms with Crippen LogP contribution in [0.1, 0.15) is 25.8 Å². The maximum atomic E-state index is 12.2. The molecular weight excluding hydrogens is 324 g/mol. The number of hydrogen-bond acceptors (Lipinski definition) is 4. The highest BCUT2D eigenvalue weighted by Gasteiger charge is 2.32. The summed E-state index contributed by atoms with van der Waals surface area (Å²) in [6.07, 6.45) is 1.28. The van der Waals surface area contributed by atoms with Crippen LogP contribution in [-0.2, 0) is 16.3 Å². The second-order valence-electron chi connectivity index (χ2n) is 6.62. The summed E-state index contributed by atoms with van der Waals surface area (Å²) in [4.78, 5) is 0.357. The van der Waals surface area contributed by atoms with Crippen molar-refractivity contribution in [2.45, 2.75) is 37.2 Å².